The van der Waals surface area contributed by atoms with Gasteiger partial charge in [0, 0.05) is 45.0 Å². The SMILES string of the molecule is CC(=O)Nc1ccc(CN2CCC[C@H]2c2nc(-c3ccc(N(C)C)nc3)no2)cc1. The fourth-order valence-corrected chi connectivity index (χ4v) is 3.70. The van der Waals surface area contributed by atoms with Crippen molar-refractivity contribution < 1.29 is 9.32 Å². The average molecular weight is 406 g/mol. The van der Waals surface area contributed by atoms with E-state index in [9.17, 15) is 4.79 Å². The Bertz CT molecular complexity index is 997. The van der Waals surface area contributed by atoms with Gasteiger partial charge in [-0.1, -0.05) is 17.3 Å². The molecule has 1 saturated heterocycles. The Morgan fingerprint density at radius 3 is 2.70 bits per heavy atom. The zero-order valence-electron chi connectivity index (χ0n) is 17.5. The monoisotopic (exact) mass is 406 g/mol. The smallest absolute Gasteiger partial charge is 0.244 e. The van der Waals surface area contributed by atoms with Crippen LogP contribution in [0, 0.1) is 0 Å². The normalized spacial score (nSPS) is 16.6. The Morgan fingerprint density at radius 2 is 2.03 bits per heavy atom. The number of nitrogens with one attached hydrogen (secondary N) is 1. The maximum atomic E-state index is 11.2. The molecule has 1 aromatic carbocycles. The number of pyridine rings is 1. The minimum atomic E-state index is -0.0684. The summed E-state index contributed by atoms with van der Waals surface area (Å²) in [4.78, 5) is 24.6. The van der Waals surface area contributed by atoms with Crippen LogP contribution >= 0.6 is 0 Å². The lowest BCUT2D eigenvalue weighted by molar-refractivity contribution is -0.114. The molecule has 0 bridgehead atoms. The molecule has 1 N–H and O–H groups in total. The zero-order chi connectivity index (χ0) is 21.1. The third kappa shape index (κ3) is 4.49. The van der Waals surface area contributed by atoms with Gasteiger partial charge in [-0.3, -0.25) is 9.69 Å². The topological polar surface area (TPSA) is 87.4 Å². The number of hydrogen-bond donors (Lipinski definition) is 1. The van der Waals surface area contributed by atoms with E-state index in [0.29, 0.717) is 11.7 Å². The van der Waals surface area contributed by atoms with Crippen LogP contribution in [0.5, 0.6) is 0 Å². The summed E-state index contributed by atoms with van der Waals surface area (Å²) in [6, 6.07) is 11.9. The van der Waals surface area contributed by atoms with Gasteiger partial charge in [-0.05, 0) is 49.2 Å². The van der Waals surface area contributed by atoms with Crippen molar-refractivity contribution in [2.45, 2.75) is 32.4 Å². The van der Waals surface area contributed by atoms with E-state index in [1.165, 1.54) is 12.5 Å². The Hall–Kier alpha value is -3.26. The third-order valence-corrected chi connectivity index (χ3v) is 5.21. The molecule has 1 aliphatic rings. The molecule has 30 heavy (non-hydrogen) atoms. The molecule has 3 aromatic rings. The first-order valence-corrected chi connectivity index (χ1v) is 10.1. The Kier molecular flexibility index (Phi) is 5.76. The first kappa shape index (κ1) is 20.0. The van der Waals surface area contributed by atoms with E-state index in [-0.39, 0.29) is 11.9 Å². The number of carbonyl (C=O) groups excluding carboxylic acids is 1. The first-order valence-electron chi connectivity index (χ1n) is 10.1. The molecule has 4 rings (SSSR count). The zero-order valence-corrected chi connectivity index (χ0v) is 17.5. The number of likely N-dealkylation sites (tertiary alicyclic amines) is 1. The summed E-state index contributed by atoms with van der Waals surface area (Å²) in [6.07, 6.45) is 3.85. The van der Waals surface area contributed by atoms with Crippen LogP contribution in [-0.4, -0.2) is 46.6 Å². The fourth-order valence-electron chi connectivity index (χ4n) is 3.70. The van der Waals surface area contributed by atoms with Gasteiger partial charge in [0.15, 0.2) is 0 Å². The highest BCUT2D eigenvalue weighted by molar-refractivity contribution is 5.88. The number of carbonyl (C=O) groups is 1. The van der Waals surface area contributed by atoms with Crippen molar-refractivity contribution in [2.75, 3.05) is 30.9 Å². The second kappa shape index (κ2) is 8.62. The van der Waals surface area contributed by atoms with Gasteiger partial charge in [0.1, 0.15) is 5.82 Å². The summed E-state index contributed by atoms with van der Waals surface area (Å²) < 4.78 is 5.62. The van der Waals surface area contributed by atoms with Crippen LogP contribution in [0.2, 0.25) is 0 Å². The number of anilines is 2. The maximum Gasteiger partial charge on any atom is 0.244 e. The lowest BCUT2D eigenvalue weighted by atomic mass is 10.1. The van der Waals surface area contributed by atoms with Gasteiger partial charge in [0.2, 0.25) is 17.6 Å². The van der Waals surface area contributed by atoms with Gasteiger partial charge in [0.25, 0.3) is 0 Å². The van der Waals surface area contributed by atoms with Crippen LogP contribution in [0.3, 0.4) is 0 Å². The van der Waals surface area contributed by atoms with E-state index < -0.39 is 0 Å². The average Bonchev–Trinajstić information content (AvgIpc) is 3.38. The Labute approximate surface area is 175 Å². The highest BCUT2D eigenvalue weighted by Crippen LogP contribution is 2.33. The van der Waals surface area contributed by atoms with Crippen molar-refractivity contribution in [1.29, 1.82) is 0 Å². The Balaban J connectivity index is 1.45. The summed E-state index contributed by atoms with van der Waals surface area (Å²) >= 11 is 0. The van der Waals surface area contributed by atoms with Gasteiger partial charge in [-0.2, -0.15) is 4.98 Å². The summed E-state index contributed by atoms with van der Waals surface area (Å²) in [5.41, 5.74) is 2.83. The third-order valence-electron chi connectivity index (χ3n) is 5.21. The van der Waals surface area contributed by atoms with Crippen LogP contribution in [0.25, 0.3) is 11.4 Å². The maximum absolute atomic E-state index is 11.2. The highest BCUT2D eigenvalue weighted by atomic mass is 16.5. The summed E-state index contributed by atoms with van der Waals surface area (Å²) in [7, 11) is 3.91. The molecule has 8 nitrogen and oxygen atoms in total. The molecule has 1 amide bonds. The molecule has 1 aliphatic heterocycles. The number of amides is 1. The number of hydrogen-bond acceptors (Lipinski definition) is 7. The van der Waals surface area contributed by atoms with Gasteiger partial charge in [-0.25, -0.2) is 4.98 Å². The van der Waals surface area contributed by atoms with Gasteiger partial charge in [-0.15, -0.1) is 0 Å². The predicted molar refractivity (Wildman–Crippen MR) is 115 cm³/mol. The molecule has 0 saturated carbocycles. The molecule has 0 radical (unpaired) electrons. The van der Waals surface area contributed by atoms with Crippen molar-refractivity contribution in [3.8, 4) is 11.4 Å². The molecule has 0 unspecified atom stereocenters. The summed E-state index contributed by atoms with van der Waals surface area (Å²) in [5, 5.41) is 6.97. The van der Waals surface area contributed by atoms with E-state index in [1.54, 1.807) is 6.20 Å². The van der Waals surface area contributed by atoms with Gasteiger partial charge >= 0.3 is 0 Å². The predicted octanol–water partition coefficient (Wildman–Crippen LogP) is 3.49. The van der Waals surface area contributed by atoms with E-state index in [2.05, 4.69) is 25.3 Å². The van der Waals surface area contributed by atoms with Crippen LogP contribution in [0.1, 0.15) is 37.3 Å². The molecule has 1 atom stereocenters. The van der Waals surface area contributed by atoms with Gasteiger partial charge in [0.05, 0.1) is 6.04 Å². The summed E-state index contributed by atoms with van der Waals surface area (Å²) in [5.74, 6) is 2.03. The second-order valence-corrected chi connectivity index (χ2v) is 7.76. The standard InChI is InChI=1S/C22H26N6O2/c1-15(29)24-18-9-6-16(7-10-18)14-28-12-4-5-19(28)22-25-21(26-30-22)17-8-11-20(23-13-17)27(2)3/h6-11,13,19H,4-5,12,14H2,1-3H3,(H,24,29)/t19-/m0/s1. The molecule has 2 aromatic heterocycles. The van der Waals surface area contributed by atoms with Crippen molar-refractivity contribution >= 4 is 17.4 Å². The van der Waals surface area contributed by atoms with E-state index in [1.807, 2.05) is 55.4 Å². The number of benzene rings is 1. The highest BCUT2D eigenvalue weighted by Gasteiger charge is 2.30. The lowest BCUT2D eigenvalue weighted by Gasteiger charge is -2.21. The van der Waals surface area contributed by atoms with Crippen LogP contribution in [0.15, 0.2) is 47.1 Å². The number of aromatic nitrogens is 3. The lowest BCUT2D eigenvalue weighted by Crippen LogP contribution is -2.23. The molecule has 0 spiro atoms. The van der Waals surface area contributed by atoms with Crippen LogP contribution in [-0.2, 0) is 11.3 Å². The molecule has 8 heteroatoms. The van der Waals surface area contributed by atoms with Crippen molar-refractivity contribution in [2.24, 2.45) is 0 Å². The van der Waals surface area contributed by atoms with Crippen molar-refractivity contribution in [3.63, 3.8) is 0 Å². The largest absolute Gasteiger partial charge is 0.363 e. The van der Waals surface area contributed by atoms with E-state index in [4.69, 9.17) is 4.52 Å². The molecule has 1 fully saturated rings. The number of rotatable bonds is 6. The summed E-state index contributed by atoms with van der Waals surface area (Å²) in [6.45, 7) is 3.28. The van der Waals surface area contributed by atoms with E-state index in [0.717, 1.165) is 43.0 Å². The molecular weight excluding hydrogens is 380 g/mol. The molecule has 3 heterocycles. The molecular formula is C22H26N6O2. The van der Waals surface area contributed by atoms with Crippen LogP contribution < -0.4 is 10.2 Å². The second-order valence-electron chi connectivity index (χ2n) is 7.76. The van der Waals surface area contributed by atoms with Gasteiger partial charge < -0.3 is 14.7 Å². The van der Waals surface area contributed by atoms with Crippen molar-refractivity contribution in [3.05, 3.63) is 54.0 Å². The number of nitrogens with zero attached hydrogens (tertiary/aromatic N) is 5. The quantitative estimate of drug-likeness (QED) is 0.670. The molecule has 156 valence electrons. The van der Waals surface area contributed by atoms with E-state index >= 15 is 0 Å². The van der Waals surface area contributed by atoms with Crippen molar-refractivity contribution in [1.82, 2.24) is 20.0 Å². The first-order chi connectivity index (χ1) is 14.5. The van der Waals surface area contributed by atoms with Crippen LogP contribution in [0.4, 0.5) is 11.5 Å². The Morgan fingerprint density at radius 1 is 1.23 bits per heavy atom. The fraction of sp³-hybridized carbons (Fsp3) is 0.364. The minimum Gasteiger partial charge on any atom is -0.363 e. The molecule has 0 aliphatic carbocycles. The minimum absolute atomic E-state index is 0.0684.